The van der Waals surface area contributed by atoms with Crippen molar-refractivity contribution in [2.45, 2.75) is 81.8 Å². The lowest BCUT2D eigenvalue weighted by Crippen LogP contribution is -2.56. The summed E-state index contributed by atoms with van der Waals surface area (Å²) in [5.41, 5.74) is 5.06. The molecule has 3 atom stereocenters. The summed E-state index contributed by atoms with van der Waals surface area (Å²) in [6.07, 6.45) is 5.82. The molecule has 4 aliphatic rings. The minimum absolute atomic E-state index is 0.129. The third-order valence-electron chi connectivity index (χ3n) is 12.1. The molecule has 6 rings (SSSR count). The number of fused-ring (bicyclic) bond motifs is 2. The van der Waals surface area contributed by atoms with Gasteiger partial charge in [0.25, 0.3) is 0 Å². The second kappa shape index (κ2) is 16.4. The number of carboxylic acids is 2. The second-order valence-corrected chi connectivity index (χ2v) is 15.7. The monoisotopic (exact) mass is 767 g/mol. The number of para-hydroxylation sites is 1. The zero-order valence-corrected chi connectivity index (χ0v) is 32.3. The van der Waals surface area contributed by atoms with Gasteiger partial charge < -0.3 is 35.4 Å². The first-order chi connectivity index (χ1) is 25.4. The van der Waals surface area contributed by atoms with Crippen molar-refractivity contribution in [1.29, 1.82) is 0 Å². The van der Waals surface area contributed by atoms with Crippen molar-refractivity contribution >= 4 is 41.0 Å². The summed E-state index contributed by atoms with van der Waals surface area (Å²) in [5, 5.41) is 22.2. The highest BCUT2D eigenvalue weighted by atomic mass is 35.5. The first kappa shape index (κ1) is 39.1. The molecule has 0 saturated carbocycles. The quantitative estimate of drug-likeness (QED) is 0.227. The van der Waals surface area contributed by atoms with Gasteiger partial charge in [-0.05, 0) is 89.2 Å². The van der Waals surface area contributed by atoms with Crippen molar-refractivity contribution in [3.05, 3.63) is 86.2 Å². The molecule has 3 fully saturated rings. The zero-order chi connectivity index (χ0) is 38.0. The van der Waals surface area contributed by atoms with Crippen LogP contribution in [0.5, 0.6) is 5.75 Å². The van der Waals surface area contributed by atoms with E-state index in [0.29, 0.717) is 68.7 Å². The molecule has 0 aromatic heterocycles. The van der Waals surface area contributed by atoms with Crippen molar-refractivity contribution < 1.29 is 29.3 Å². The minimum atomic E-state index is -1.81. The maximum atomic E-state index is 14.2. The van der Waals surface area contributed by atoms with Crippen molar-refractivity contribution in [2.24, 2.45) is 5.73 Å². The Morgan fingerprint density at radius 3 is 2.06 bits per heavy atom. The average Bonchev–Trinajstić information content (AvgIpc) is 3.31. The Bertz CT molecular complexity index is 1760. The molecule has 0 radical (unpaired) electrons. The second-order valence-electron chi connectivity index (χ2n) is 14.9. The molecule has 0 spiro atoms. The lowest BCUT2D eigenvalue weighted by Gasteiger charge is -2.46. The number of hydrogen-bond acceptors (Lipinski definition) is 8. The van der Waals surface area contributed by atoms with Crippen molar-refractivity contribution in [3.63, 3.8) is 0 Å². The number of benzene rings is 2. The van der Waals surface area contributed by atoms with Gasteiger partial charge in [0.15, 0.2) is 0 Å². The molecular weight excluding hydrogens is 717 g/mol. The molecule has 0 aliphatic carbocycles. The number of hydrogen-bond donors (Lipinski definition) is 3. The largest absolute Gasteiger partial charge is 0.493 e. The average molecular weight is 769 g/mol. The third kappa shape index (κ3) is 7.69. The van der Waals surface area contributed by atoms with E-state index >= 15 is 0 Å². The van der Waals surface area contributed by atoms with Crippen LogP contribution >= 0.6 is 23.2 Å². The van der Waals surface area contributed by atoms with Crippen LogP contribution in [-0.4, -0.2) is 119 Å². The summed E-state index contributed by atoms with van der Waals surface area (Å²) in [5.74, 6) is -2.20. The van der Waals surface area contributed by atoms with Crippen molar-refractivity contribution in [2.75, 3.05) is 53.4 Å². The smallest absolute Gasteiger partial charge is 0.334 e. The summed E-state index contributed by atoms with van der Waals surface area (Å²) in [6.45, 7) is 5.06. The SMILES string of the molecule is CN1C(CCc2ccccc2OCCCN)=C(C(=O)O)C(C)(c2c(Cl)cccc2Cl)C(C(=O)O)=C1CC(=O)N1CCN(C2CC3CCC(C2)N3C)CC1. The van der Waals surface area contributed by atoms with Gasteiger partial charge in [-0.3, -0.25) is 9.69 Å². The molecule has 3 unspecified atom stereocenters. The number of carbonyl (C=O) groups excluding carboxylic acids is 1. The van der Waals surface area contributed by atoms with Crippen LogP contribution in [0.1, 0.15) is 63.0 Å². The fourth-order valence-corrected chi connectivity index (χ4v) is 10.0. The lowest BCUT2D eigenvalue weighted by atomic mass is 9.66. The van der Waals surface area contributed by atoms with Crippen molar-refractivity contribution in [1.82, 2.24) is 19.6 Å². The van der Waals surface area contributed by atoms with Gasteiger partial charge in [0.1, 0.15) is 5.75 Å². The lowest BCUT2D eigenvalue weighted by molar-refractivity contribution is -0.134. The van der Waals surface area contributed by atoms with Crippen LogP contribution < -0.4 is 10.5 Å². The normalized spacial score (nSPS) is 25.3. The fraction of sp³-hybridized carbons (Fsp3) is 0.525. The number of carboxylic acid groups (broad SMARTS) is 2. The highest BCUT2D eigenvalue weighted by Crippen LogP contribution is 2.52. The summed E-state index contributed by atoms with van der Waals surface area (Å²) < 4.78 is 6.01. The molecule has 4 heterocycles. The van der Waals surface area contributed by atoms with Gasteiger partial charge in [0.05, 0.1) is 29.6 Å². The number of carbonyl (C=O) groups is 3. The number of amides is 1. The Kier molecular flexibility index (Phi) is 12.1. The molecule has 1 amide bonds. The Morgan fingerprint density at radius 1 is 0.849 bits per heavy atom. The van der Waals surface area contributed by atoms with Gasteiger partial charge in [-0.25, -0.2) is 9.59 Å². The Labute approximate surface area is 321 Å². The Hall–Kier alpha value is -3.61. The maximum Gasteiger partial charge on any atom is 0.334 e. The van der Waals surface area contributed by atoms with E-state index in [9.17, 15) is 24.6 Å². The number of ether oxygens (including phenoxy) is 1. The van der Waals surface area contributed by atoms with Crippen LogP contribution in [0.15, 0.2) is 65.0 Å². The van der Waals surface area contributed by atoms with Gasteiger partial charge in [-0.2, -0.15) is 0 Å². The number of halogens is 2. The fourth-order valence-electron chi connectivity index (χ4n) is 9.24. The minimum Gasteiger partial charge on any atom is -0.493 e. The summed E-state index contributed by atoms with van der Waals surface area (Å²) in [4.78, 5) is 49.6. The van der Waals surface area contributed by atoms with Gasteiger partial charge in [-0.15, -0.1) is 0 Å². The topological polar surface area (TPSA) is 140 Å². The van der Waals surface area contributed by atoms with Gasteiger partial charge >= 0.3 is 11.9 Å². The maximum absolute atomic E-state index is 14.2. The standard InChI is InChI=1S/C40H51Cl2N5O6/c1-40(35-29(41)9-6-10-30(35)42)36(38(49)50)31(15-12-25-8-4-5-11-33(25)53-21-7-16-43)45(3)32(37(40)39(51)52)24-34(48)47-19-17-46(18-20-47)28-22-26-13-14-27(23-28)44(26)2/h4-6,8-11,26-28H,7,12-24,43H2,1-3H3,(H,49,50)(H,51,52). The Balaban J connectivity index is 1.33. The van der Waals surface area contributed by atoms with Crippen LogP contribution in [-0.2, 0) is 26.2 Å². The molecule has 53 heavy (non-hydrogen) atoms. The molecule has 4 N–H and O–H groups in total. The van der Waals surface area contributed by atoms with Crippen molar-refractivity contribution in [3.8, 4) is 5.75 Å². The van der Waals surface area contributed by atoms with E-state index in [2.05, 4.69) is 16.8 Å². The van der Waals surface area contributed by atoms with Gasteiger partial charge in [-0.1, -0.05) is 47.5 Å². The van der Waals surface area contributed by atoms with Crippen LogP contribution in [0.25, 0.3) is 0 Å². The van der Waals surface area contributed by atoms with E-state index < -0.39 is 17.4 Å². The van der Waals surface area contributed by atoms with E-state index in [1.165, 1.54) is 12.8 Å². The number of allylic oxidation sites excluding steroid dienone is 1. The number of aryl methyl sites for hydroxylation is 1. The molecule has 3 saturated heterocycles. The highest BCUT2D eigenvalue weighted by Gasteiger charge is 2.52. The molecule has 11 nitrogen and oxygen atoms in total. The van der Waals surface area contributed by atoms with Crippen LogP contribution in [0.2, 0.25) is 10.0 Å². The van der Waals surface area contributed by atoms with E-state index in [-0.39, 0.29) is 51.2 Å². The first-order valence-corrected chi connectivity index (χ1v) is 19.4. The van der Waals surface area contributed by atoms with Crippen LogP contribution in [0.3, 0.4) is 0 Å². The molecule has 4 aliphatic heterocycles. The molecule has 2 aromatic rings. The van der Waals surface area contributed by atoms with Gasteiger partial charge in [0.2, 0.25) is 5.91 Å². The molecular formula is C40H51Cl2N5O6. The van der Waals surface area contributed by atoms with Gasteiger partial charge in [0, 0.05) is 78.4 Å². The van der Waals surface area contributed by atoms with Crippen LogP contribution in [0, 0.1) is 0 Å². The van der Waals surface area contributed by atoms with E-state index in [4.69, 9.17) is 33.7 Å². The Morgan fingerprint density at radius 2 is 1.45 bits per heavy atom. The number of nitrogens with two attached hydrogens (primary N) is 1. The summed E-state index contributed by atoms with van der Waals surface area (Å²) in [6, 6.07) is 14.1. The summed E-state index contributed by atoms with van der Waals surface area (Å²) in [7, 11) is 3.88. The zero-order valence-electron chi connectivity index (χ0n) is 30.8. The van der Waals surface area contributed by atoms with E-state index in [1.54, 1.807) is 37.1 Å². The molecule has 286 valence electrons. The number of aliphatic carboxylic acids is 2. The number of nitrogens with zero attached hydrogens (tertiary/aromatic N) is 4. The number of rotatable bonds is 13. The summed E-state index contributed by atoms with van der Waals surface area (Å²) >= 11 is 13.6. The third-order valence-corrected chi connectivity index (χ3v) is 12.7. The molecule has 2 aromatic carbocycles. The predicted octanol–water partition coefficient (Wildman–Crippen LogP) is 5.39. The van der Waals surface area contributed by atoms with E-state index in [1.807, 2.05) is 29.2 Å². The van der Waals surface area contributed by atoms with E-state index in [0.717, 1.165) is 31.5 Å². The van der Waals surface area contributed by atoms with Crippen LogP contribution in [0.4, 0.5) is 0 Å². The predicted molar refractivity (Wildman–Crippen MR) is 205 cm³/mol. The number of piperidine rings is 1. The molecule has 13 heteroatoms. The highest BCUT2D eigenvalue weighted by molar-refractivity contribution is 6.36. The molecule has 2 bridgehead atoms. The first-order valence-electron chi connectivity index (χ1n) is 18.6. The number of piperazine rings is 1.